The molecule has 41 heavy (non-hydrogen) atoms. The van der Waals surface area contributed by atoms with Crippen LogP contribution in [0.5, 0.6) is 11.5 Å². The Labute approximate surface area is 273 Å². The highest BCUT2D eigenvalue weighted by molar-refractivity contribution is 6.53. The average Bonchev–Trinajstić information content (AvgIpc) is 2.93. The molecule has 0 bridgehead atoms. The van der Waals surface area contributed by atoms with Gasteiger partial charge in [-0.2, -0.15) is 0 Å². The maximum Gasteiger partial charge on any atom is 0.269 e. The highest BCUT2D eigenvalue weighted by atomic mass is 35.5. The summed E-state index contributed by atoms with van der Waals surface area (Å²) in [7, 11) is 0. The molecule has 2 atom stereocenters. The highest BCUT2D eigenvalue weighted by Crippen LogP contribution is 2.44. The van der Waals surface area contributed by atoms with Gasteiger partial charge in [0.2, 0.25) is 0 Å². The van der Waals surface area contributed by atoms with E-state index in [1.165, 1.54) is 36.4 Å². The van der Waals surface area contributed by atoms with Crippen molar-refractivity contribution in [2.24, 2.45) is 0 Å². The Kier molecular flexibility index (Phi) is 13.6. The van der Waals surface area contributed by atoms with Crippen molar-refractivity contribution < 1.29 is 30.1 Å². The summed E-state index contributed by atoms with van der Waals surface area (Å²) in [5.74, 6) is -1.26. The number of nitro groups is 1. The molecule has 0 fully saturated rings. The lowest BCUT2D eigenvalue weighted by Gasteiger charge is -2.22. The first-order valence-corrected chi connectivity index (χ1v) is 14.1. The van der Waals surface area contributed by atoms with E-state index in [2.05, 4.69) is 5.32 Å². The molecule has 0 aliphatic rings. The molecule has 3 rings (SSSR count). The zero-order valence-corrected chi connectivity index (χ0v) is 26.1. The maximum atomic E-state index is 11.3. The van der Waals surface area contributed by atoms with Gasteiger partial charge in [0.15, 0.2) is 4.84 Å². The molecule has 1 amide bonds. The Hall–Kier alpha value is -1.63. The first-order valence-electron chi connectivity index (χ1n) is 10.9. The van der Waals surface area contributed by atoms with Gasteiger partial charge in [-0.1, -0.05) is 92.8 Å². The van der Waals surface area contributed by atoms with Crippen LogP contribution in [0.25, 0.3) is 0 Å². The van der Waals surface area contributed by atoms with E-state index in [9.17, 15) is 30.2 Å². The molecule has 3 aromatic rings. The second-order valence-electron chi connectivity index (χ2n) is 8.03. The molecule has 3 aromatic carbocycles. The van der Waals surface area contributed by atoms with E-state index in [1.807, 2.05) is 0 Å². The summed E-state index contributed by atoms with van der Waals surface area (Å²) in [5.41, 5.74) is 0.595. The Morgan fingerprint density at radius 1 is 0.854 bits per heavy atom. The van der Waals surface area contributed by atoms with Crippen LogP contribution < -0.4 is 5.32 Å². The number of aromatic hydroxyl groups is 2. The predicted octanol–water partition coefficient (Wildman–Crippen LogP) is 7.52. The van der Waals surface area contributed by atoms with E-state index in [1.54, 1.807) is 0 Å². The lowest BCUT2D eigenvalue weighted by Crippen LogP contribution is -2.44. The lowest BCUT2D eigenvalue weighted by atomic mass is 10.0. The van der Waals surface area contributed by atoms with Crippen molar-refractivity contribution in [2.75, 3.05) is 6.61 Å². The molecular weight excluding hydrogens is 712 g/mol. The standard InChI is InChI=1S/C13H6Cl6O2.C11H12Cl2N2O5/c14-6-2-8(16)12(20)4(10(6)18)1-5-11(19)7(15)3-9(17)13(5)21;12-10(13)11(18)14-8(5-16)9(17)6-1-3-7(4-2-6)15(19)20/h2-3,20-21H,1H2;1-4,8-10,16-17H,5H2,(H,14,18)/t;8-,9-/m.1/s1. The fourth-order valence-corrected chi connectivity index (χ4v) is 4.82. The summed E-state index contributed by atoms with van der Waals surface area (Å²) in [6.45, 7) is -0.551. The van der Waals surface area contributed by atoms with E-state index in [0.717, 1.165) is 0 Å². The van der Waals surface area contributed by atoms with Crippen LogP contribution in [0, 0.1) is 10.1 Å². The molecule has 0 radical (unpaired) electrons. The number of alkyl halides is 2. The number of rotatable bonds is 8. The zero-order chi connectivity index (χ0) is 31.2. The number of aliphatic hydroxyl groups excluding tert-OH is 2. The van der Waals surface area contributed by atoms with Crippen molar-refractivity contribution in [3.05, 3.63) is 93.3 Å². The molecule has 5 N–H and O–H groups in total. The number of carbonyl (C=O) groups excluding carboxylic acids is 1. The van der Waals surface area contributed by atoms with Crippen molar-refractivity contribution in [3.63, 3.8) is 0 Å². The van der Waals surface area contributed by atoms with Gasteiger partial charge >= 0.3 is 0 Å². The summed E-state index contributed by atoms with van der Waals surface area (Å²) in [4.78, 5) is 19.9. The van der Waals surface area contributed by atoms with Crippen LogP contribution in [0.1, 0.15) is 22.8 Å². The first-order chi connectivity index (χ1) is 19.1. The quantitative estimate of drug-likeness (QED) is 0.0696. The Bertz CT molecular complexity index is 1310. The normalized spacial score (nSPS) is 12.4. The fraction of sp³-hybridized carbons (Fsp3) is 0.208. The highest BCUT2D eigenvalue weighted by Gasteiger charge is 2.25. The number of nitrogens with zero attached hydrogens (tertiary/aromatic N) is 1. The Morgan fingerprint density at radius 2 is 1.29 bits per heavy atom. The first kappa shape index (κ1) is 35.6. The molecule has 0 aliphatic heterocycles. The topological polar surface area (TPSA) is 153 Å². The van der Waals surface area contributed by atoms with Gasteiger partial charge in [0.1, 0.15) is 17.6 Å². The van der Waals surface area contributed by atoms with Gasteiger partial charge in [0.25, 0.3) is 11.6 Å². The summed E-state index contributed by atoms with van der Waals surface area (Å²) in [6.07, 6.45) is -1.30. The molecular formula is C24H18Cl8N2O7. The summed E-state index contributed by atoms with van der Waals surface area (Å²) < 4.78 is 0. The Balaban J connectivity index is 0.000000287. The van der Waals surface area contributed by atoms with Gasteiger partial charge < -0.3 is 25.7 Å². The van der Waals surface area contributed by atoms with Crippen LogP contribution in [0.15, 0.2) is 36.4 Å². The van der Waals surface area contributed by atoms with Crippen molar-refractivity contribution in [1.29, 1.82) is 0 Å². The summed E-state index contributed by atoms with van der Waals surface area (Å²) in [6, 6.07) is 6.69. The number of amides is 1. The van der Waals surface area contributed by atoms with Crippen molar-refractivity contribution in [2.45, 2.75) is 23.4 Å². The number of benzene rings is 3. The number of hydrogen-bond donors (Lipinski definition) is 5. The van der Waals surface area contributed by atoms with Crippen LogP contribution >= 0.6 is 92.8 Å². The van der Waals surface area contributed by atoms with Crippen LogP contribution in [0.2, 0.25) is 30.1 Å². The molecule has 0 aromatic heterocycles. The van der Waals surface area contributed by atoms with Crippen molar-refractivity contribution >= 4 is 104 Å². The summed E-state index contributed by atoms with van der Waals surface area (Å²) >= 11 is 46.4. The van der Waals surface area contributed by atoms with Crippen LogP contribution in [-0.2, 0) is 11.2 Å². The molecule has 0 aliphatic carbocycles. The SMILES string of the molecule is O=C(N[C@H](CO)[C@H](O)c1ccc([N+](=O)[O-])cc1)C(Cl)Cl.Oc1c(Cl)cc(Cl)c(Cl)c1Cc1c(O)c(Cl)cc(Cl)c1Cl. The minimum Gasteiger partial charge on any atom is -0.506 e. The molecule has 0 saturated heterocycles. The number of nitrogens with one attached hydrogen (secondary N) is 1. The molecule has 0 unspecified atom stereocenters. The van der Waals surface area contributed by atoms with E-state index >= 15 is 0 Å². The third-order valence-electron chi connectivity index (χ3n) is 5.38. The molecule has 0 heterocycles. The van der Waals surface area contributed by atoms with E-state index < -0.39 is 34.4 Å². The number of aliphatic hydroxyl groups is 2. The molecule has 0 saturated carbocycles. The second-order valence-corrected chi connectivity index (χ2v) is 11.5. The van der Waals surface area contributed by atoms with Crippen LogP contribution in [0.3, 0.4) is 0 Å². The number of phenols is 2. The summed E-state index contributed by atoms with van der Waals surface area (Å²) in [5, 5.41) is 52.6. The lowest BCUT2D eigenvalue weighted by molar-refractivity contribution is -0.384. The minimum absolute atomic E-state index is 0.0307. The van der Waals surface area contributed by atoms with Gasteiger partial charge in [0.05, 0.1) is 47.7 Å². The van der Waals surface area contributed by atoms with Gasteiger partial charge in [-0.15, -0.1) is 0 Å². The van der Waals surface area contributed by atoms with Crippen molar-refractivity contribution in [3.8, 4) is 11.5 Å². The molecule has 222 valence electrons. The number of halogens is 8. The zero-order valence-electron chi connectivity index (χ0n) is 20.1. The van der Waals surface area contributed by atoms with Crippen molar-refractivity contribution in [1.82, 2.24) is 5.32 Å². The Morgan fingerprint density at radius 3 is 1.66 bits per heavy atom. The van der Waals surface area contributed by atoms with Gasteiger partial charge in [-0.05, 0) is 29.8 Å². The number of phenolic OH excluding ortho intramolecular Hbond substituents is 2. The monoisotopic (exact) mass is 726 g/mol. The van der Waals surface area contributed by atoms with Gasteiger partial charge in [-0.25, -0.2) is 0 Å². The average molecular weight is 730 g/mol. The van der Waals surface area contributed by atoms with E-state index in [4.69, 9.17) is 97.9 Å². The largest absolute Gasteiger partial charge is 0.506 e. The molecule has 0 spiro atoms. The van der Waals surface area contributed by atoms with Gasteiger partial charge in [0, 0.05) is 29.7 Å². The number of nitro benzene ring substituents is 1. The third kappa shape index (κ3) is 9.18. The number of non-ortho nitro benzene ring substituents is 1. The van der Waals surface area contributed by atoms with Gasteiger partial charge in [-0.3, -0.25) is 14.9 Å². The van der Waals surface area contributed by atoms with Crippen LogP contribution in [-0.4, -0.2) is 48.7 Å². The van der Waals surface area contributed by atoms with Crippen LogP contribution in [0.4, 0.5) is 5.69 Å². The predicted molar refractivity (Wildman–Crippen MR) is 162 cm³/mol. The second kappa shape index (κ2) is 15.7. The van der Waals surface area contributed by atoms with E-state index in [0.29, 0.717) is 5.56 Å². The smallest absolute Gasteiger partial charge is 0.269 e. The fourth-order valence-electron chi connectivity index (χ4n) is 3.27. The third-order valence-corrected chi connectivity index (χ3v) is 8.01. The maximum absolute atomic E-state index is 11.3. The molecule has 17 heteroatoms. The van der Waals surface area contributed by atoms with E-state index in [-0.39, 0.29) is 64.9 Å². The minimum atomic E-state index is -1.33. The molecule has 9 nitrogen and oxygen atoms in total. The number of carbonyl (C=O) groups is 1. The number of hydrogen-bond acceptors (Lipinski definition) is 7.